The molecule has 2 amide bonds. The van der Waals surface area contributed by atoms with Gasteiger partial charge < -0.3 is 10.2 Å². The molecule has 0 aliphatic rings. The number of hydrogen-bond acceptors (Lipinski definition) is 2. The predicted octanol–water partition coefficient (Wildman–Crippen LogP) is 6.16. The van der Waals surface area contributed by atoms with Crippen molar-refractivity contribution in [1.29, 1.82) is 0 Å². The molecule has 0 saturated carbocycles. The summed E-state index contributed by atoms with van der Waals surface area (Å²) in [5.74, 6) is -0.151. The minimum Gasteiger partial charge on any atom is -0.354 e. The molecule has 0 aromatic heterocycles. The van der Waals surface area contributed by atoms with Gasteiger partial charge in [-0.2, -0.15) is 0 Å². The Hall–Kier alpha value is -2.92. The third-order valence-electron chi connectivity index (χ3n) is 6.21. The molecule has 0 heterocycles. The Kier molecular flexibility index (Phi) is 10.1. The molecular weight excluding hydrogens is 500 g/mol. The minimum atomic E-state index is -0.601. The fourth-order valence-electron chi connectivity index (χ4n) is 4.10. The van der Waals surface area contributed by atoms with Crippen molar-refractivity contribution in [3.05, 3.63) is 105 Å². The second kappa shape index (κ2) is 13.2. The number of unbranched alkanes of at least 4 members (excludes halogenated alkanes) is 1. The van der Waals surface area contributed by atoms with Gasteiger partial charge in [-0.05, 0) is 54.7 Å². The molecule has 3 rings (SSSR count). The lowest BCUT2D eigenvalue weighted by molar-refractivity contribution is -0.140. The molecule has 0 radical (unpaired) electrons. The molecule has 0 bridgehead atoms. The van der Waals surface area contributed by atoms with Crippen LogP contribution in [0.4, 0.5) is 0 Å². The molecule has 4 nitrogen and oxygen atoms in total. The maximum atomic E-state index is 13.9. The van der Waals surface area contributed by atoms with Crippen molar-refractivity contribution in [3.63, 3.8) is 0 Å². The first-order valence-corrected chi connectivity index (χ1v) is 13.1. The lowest BCUT2D eigenvalue weighted by Crippen LogP contribution is -2.51. The van der Waals surface area contributed by atoms with Gasteiger partial charge in [0, 0.05) is 24.0 Å². The van der Waals surface area contributed by atoms with Crippen LogP contribution in [0.1, 0.15) is 47.6 Å². The van der Waals surface area contributed by atoms with Crippen LogP contribution < -0.4 is 5.32 Å². The SMILES string of the molecule is CCCCNC(=O)[C@H](Cc1ccccc1)N(Cc1ccc(Br)cc1)C(=O)Cc1cc(C)ccc1C. The first kappa shape index (κ1) is 26.7. The maximum Gasteiger partial charge on any atom is 0.243 e. The Balaban J connectivity index is 1.96. The topological polar surface area (TPSA) is 49.4 Å². The van der Waals surface area contributed by atoms with Gasteiger partial charge in [0.25, 0.3) is 0 Å². The van der Waals surface area contributed by atoms with Crippen LogP contribution >= 0.6 is 15.9 Å². The van der Waals surface area contributed by atoms with Gasteiger partial charge in [0.05, 0.1) is 6.42 Å². The highest BCUT2D eigenvalue weighted by Crippen LogP contribution is 2.20. The number of nitrogens with one attached hydrogen (secondary N) is 1. The summed E-state index contributed by atoms with van der Waals surface area (Å²) in [7, 11) is 0. The van der Waals surface area contributed by atoms with Gasteiger partial charge in [0.1, 0.15) is 6.04 Å². The summed E-state index contributed by atoms with van der Waals surface area (Å²) >= 11 is 3.49. The quantitative estimate of drug-likeness (QED) is 0.299. The number of hydrogen-bond donors (Lipinski definition) is 1. The van der Waals surface area contributed by atoms with Gasteiger partial charge >= 0.3 is 0 Å². The lowest BCUT2D eigenvalue weighted by Gasteiger charge is -2.32. The van der Waals surface area contributed by atoms with Crippen LogP contribution in [0, 0.1) is 13.8 Å². The number of benzene rings is 3. The van der Waals surface area contributed by atoms with Crippen molar-refractivity contribution >= 4 is 27.7 Å². The summed E-state index contributed by atoms with van der Waals surface area (Å²) in [6.45, 7) is 7.14. The van der Waals surface area contributed by atoms with Crippen molar-refractivity contribution in [2.75, 3.05) is 6.54 Å². The maximum absolute atomic E-state index is 13.9. The first-order chi connectivity index (χ1) is 16.9. The molecule has 0 aliphatic carbocycles. The van der Waals surface area contributed by atoms with E-state index in [1.54, 1.807) is 4.90 Å². The fourth-order valence-corrected chi connectivity index (χ4v) is 4.37. The van der Waals surface area contributed by atoms with Crippen LogP contribution in [0.25, 0.3) is 0 Å². The van der Waals surface area contributed by atoms with E-state index in [0.717, 1.165) is 45.1 Å². The second-order valence-electron chi connectivity index (χ2n) is 9.10. The molecule has 5 heteroatoms. The predicted molar refractivity (Wildman–Crippen MR) is 146 cm³/mol. The van der Waals surface area contributed by atoms with Crippen LogP contribution in [-0.2, 0) is 29.0 Å². The van der Waals surface area contributed by atoms with Crippen molar-refractivity contribution in [2.24, 2.45) is 0 Å². The van der Waals surface area contributed by atoms with Gasteiger partial charge in [-0.25, -0.2) is 0 Å². The Labute approximate surface area is 217 Å². The zero-order valence-electron chi connectivity index (χ0n) is 20.9. The Morgan fingerprint density at radius 2 is 1.66 bits per heavy atom. The van der Waals surface area contributed by atoms with Gasteiger partial charge in [-0.3, -0.25) is 9.59 Å². The van der Waals surface area contributed by atoms with Crippen LogP contribution in [0.5, 0.6) is 0 Å². The van der Waals surface area contributed by atoms with Gasteiger partial charge in [0.2, 0.25) is 11.8 Å². The van der Waals surface area contributed by atoms with Gasteiger partial charge in [-0.1, -0.05) is 95.5 Å². The normalized spacial score (nSPS) is 11.7. The van der Waals surface area contributed by atoms with E-state index in [2.05, 4.69) is 46.4 Å². The highest BCUT2D eigenvalue weighted by molar-refractivity contribution is 9.10. The molecule has 0 spiro atoms. The molecular formula is C30H35BrN2O2. The average Bonchev–Trinajstić information content (AvgIpc) is 2.85. The molecule has 0 aliphatic heterocycles. The van der Waals surface area contributed by atoms with E-state index in [1.165, 1.54) is 0 Å². The zero-order valence-corrected chi connectivity index (χ0v) is 22.5. The number of aryl methyl sites for hydroxylation is 2. The molecule has 35 heavy (non-hydrogen) atoms. The Bertz CT molecular complexity index is 1110. The van der Waals surface area contributed by atoms with E-state index in [-0.39, 0.29) is 18.2 Å². The number of halogens is 1. The molecule has 1 atom stereocenters. The third-order valence-corrected chi connectivity index (χ3v) is 6.74. The summed E-state index contributed by atoms with van der Waals surface area (Å²) in [5, 5.41) is 3.08. The van der Waals surface area contributed by atoms with Gasteiger partial charge in [-0.15, -0.1) is 0 Å². The van der Waals surface area contributed by atoms with Gasteiger partial charge in [0.15, 0.2) is 0 Å². The largest absolute Gasteiger partial charge is 0.354 e. The average molecular weight is 536 g/mol. The standard InChI is InChI=1S/C30H35BrN2O2/c1-4-5-17-32-30(35)28(19-24-9-7-6-8-10-24)33(21-25-13-15-27(31)16-14-25)29(34)20-26-18-22(2)11-12-23(26)3/h6-16,18,28H,4-5,17,19-21H2,1-3H3,(H,32,35)/t28-/m0/s1. The van der Waals surface area contributed by atoms with Crippen LogP contribution in [0.15, 0.2) is 77.3 Å². The van der Waals surface area contributed by atoms with Crippen molar-refractivity contribution in [3.8, 4) is 0 Å². The van der Waals surface area contributed by atoms with E-state index < -0.39 is 6.04 Å². The number of rotatable bonds is 11. The highest BCUT2D eigenvalue weighted by Gasteiger charge is 2.30. The number of amides is 2. The molecule has 0 fully saturated rings. The summed E-state index contributed by atoms with van der Waals surface area (Å²) < 4.78 is 0.979. The van der Waals surface area contributed by atoms with E-state index in [1.807, 2.05) is 68.4 Å². The zero-order chi connectivity index (χ0) is 25.2. The van der Waals surface area contributed by atoms with E-state index in [0.29, 0.717) is 19.5 Å². The van der Waals surface area contributed by atoms with Crippen LogP contribution in [-0.4, -0.2) is 29.3 Å². The second-order valence-corrected chi connectivity index (χ2v) is 10.0. The summed E-state index contributed by atoms with van der Waals surface area (Å²) in [4.78, 5) is 29.1. The highest BCUT2D eigenvalue weighted by atomic mass is 79.9. The van der Waals surface area contributed by atoms with Crippen molar-refractivity contribution in [1.82, 2.24) is 10.2 Å². The van der Waals surface area contributed by atoms with Crippen molar-refractivity contribution < 1.29 is 9.59 Å². The smallest absolute Gasteiger partial charge is 0.243 e. The number of carbonyl (C=O) groups is 2. The van der Waals surface area contributed by atoms with Crippen LogP contribution in [0.2, 0.25) is 0 Å². The molecule has 184 valence electrons. The number of nitrogens with zero attached hydrogens (tertiary/aromatic N) is 1. The number of carbonyl (C=O) groups excluding carboxylic acids is 2. The minimum absolute atomic E-state index is 0.0480. The lowest BCUT2D eigenvalue weighted by atomic mass is 9.99. The first-order valence-electron chi connectivity index (χ1n) is 12.3. The Morgan fingerprint density at radius 1 is 0.943 bits per heavy atom. The van der Waals surface area contributed by atoms with Crippen LogP contribution in [0.3, 0.4) is 0 Å². The summed E-state index contributed by atoms with van der Waals surface area (Å²) in [6, 6.07) is 23.4. The van der Waals surface area contributed by atoms with Crippen molar-refractivity contribution in [2.45, 2.75) is 59.0 Å². The van der Waals surface area contributed by atoms with E-state index in [9.17, 15) is 9.59 Å². The molecule has 0 unspecified atom stereocenters. The molecule has 1 N–H and O–H groups in total. The molecule has 3 aromatic carbocycles. The Morgan fingerprint density at radius 3 is 2.34 bits per heavy atom. The molecule has 0 saturated heterocycles. The molecule has 3 aromatic rings. The summed E-state index contributed by atoms with van der Waals surface area (Å²) in [5.41, 5.74) is 5.22. The monoisotopic (exact) mass is 534 g/mol. The fraction of sp³-hybridized carbons (Fsp3) is 0.333. The van der Waals surface area contributed by atoms with E-state index >= 15 is 0 Å². The summed E-state index contributed by atoms with van der Waals surface area (Å²) in [6.07, 6.45) is 2.64. The third kappa shape index (κ3) is 8.07. The van der Waals surface area contributed by atoms with E-state index in [4.69, 9.17) is 0 Å².